The van der Waals surface area contributed by atoms with E-state index in [4.69, 9.17) is 0 Å². The van der Waals surface area contributed by atoms with E-state index in [9.17, 15) is 13.2 Å². The first-order valence-corrected chi connectivity index (χ1v) is 9.17. The topological polar surface area (TPSA) is 57.7 Å². The van der Waals surface area contributed by atoms with E-state index in [1.165, 1.54) is 18.4 Å². The molecule has 0 aromatic heterocycles. The standard InChI is InChI=1S/C16H24N2O3S/c1-4-5-6-7-16(19)18-11-10-13-8-9-14(12-15(13)18)22(20,21)17(2)3/h8-9,12H,4-7,10-11H2,1-3H3. The SMILES string of the molecule is CCCCCC(=O)N1CCc2ccc(S(=O)(=O)N(C)C)cc21. The molecule has 0 aliphatic carbocycles. The average molecular weight is 324 g/mol. The summed E-state index contributed by atoms with van der Waals surface area (Å²) in [5.41, 5.74) is 1.80. The zero-order valence-corrected chi connectivity index (χ0v) is 14.3. The lowest BCUT2D eigenvalue weighted by Gasteiger charge is -2.19. The Bertz CT molecular complexity index is 653. The van der Waals surface area contributed by atoms with Gasteiger partial charge in [-0.25, -0.2) is 12.7 Å². The van der Waals surface area contributed by atoms with E-state index in [2.05, 4.69) is 6.92 Å². The second-order valence-electron chi connectivity index (χ2n) is 5.83. The normalized spacial score (nSPS) is 14.5. The van der Waals surface area contributed by atoms with Crippen LogP contribution in [0.3, 0.4) is 0 Å². The number of sulfonamides is 1. The highest BCUT2D eigenvalue weighted by atomic mass is 32.2. The number of fused-ring (bicyclic) bond motifs is 1. The third kappa shape index (κ3) is 3.33. The second-order valence-corrected chi connectivity index (χ2v) is 7.98. The van der Waals surface area contributed by atoms with Crippen molar-refractivity contribution in [3.05, 3.63) is 23.8 Å². The van der Waals surface area contributed by atoms with Gasteiger partial charge in [-0.2, -0.15) is 0 Å². The Morgan fingerprint density at radius 1 is 1.27 bits per heavy atom. The minimum atomic E-state index is -3.47. The van der Waals surface area contributed by atoms with Crippen LogP contribution >= 0.6 is 0 Å². The molecule has 0 radical (unpaired) electrons. The predicted molar refractivity (Wildman–Crippen MR) is 87.5 cm³/mol. The molecular weight excluding hydrogens is 300 g/mol. The molecule has 1 aromatic rings. The van der Waals surface area contributed by atoms with Crippen LogP contribution < -0.4 is 4.90 Å². The molecule has 5 nitrogen and oxygen atoms in total. The van der Waals surface area contributed by atoms with Crippen LogP contribution in [0.5, 0.6) is 0 Å². The molecule has 0 atom stereocenters. The van der Waals surface area contributed by atoms with E-state index in [1.54, 1.807) is 17.0 Å². The molecule has 0 bridgehead atoms. The highest BCUT2D eigenvalue weighted by Crippen LogP contribution is 2.31. The van der Waals surface area contributed by atoms with Gasteiger partial charge in [-0.1, -0.05) is 25.8 Å². The van der Waals surface area contributed by atoms with E-state index in [0.29, 0.717) is 13.0 Å². The number of hydrogen-bond acceptors (Lipinski definition) is 3. The predicted octanol–water partition coefficient (Wildman–Crippen LogP) is 2.41. The summed E-state index contributed by atoms with van der Waals surface area (Å²) in [5, 5.41) is 0. The molecule has 0 saturated carbocycles. The summed E-state index contributed by atoms with van der Waals surface area (Å²) in [6.07, 6.45) is 4.32. The van der Waals surface area contributed by atoms with Crippen molar-refractivity contribution in [3.63, 3.8) is 0 Å². The van der Waals surface area contributed by atoms with Gasteiger partial charge in [-0.05, 0) is 30.5 Å². The number of unbranched alkanes of at least 4 members (excludes halogenated alkanes) is 2. The highest BCUT2D eigenvalue weighted by molar-refractivity contribution is 7.89. The maximum Gasteiger partial charge on any atom is 0.242 e. The first kappa shape index (κ1) is 17.0. The third-order valence-electron chi connectivity index (χ3n) is 4.03. The van der Waals surface area contributed by atoms with Crippen molar-refractivity contribution in [2.24, 2.45) is 0 Å². The van der Waals surface area contributed by atoms with E-state index in [-0.39, 0.29) is 10.8 Å². The molecule has 0 N–H and O–H groups in total. The van der Waals surface area contributed by atoms with E-state index < -0.39 is 10.0 Å². The van der Waals surface area contributed by atoms with Gasteiger partial charge in [0, 0.05) is 32.7 Å². The quantitative estimate of drug-likeness (QED) is 0.755. The van der Waals surface area contributed by atoms with Crippen molar-refractivity contribution >= 4 is 21.6 Å². The van der Waals surface area contributed by atoms with Crippen LogP contribution in [-0.4, -0.2) is 39.3 Å². The molecule has 122 valence electrons. The molecule has 0 fully saturated rings. The average Bonchev–Trinajstić information content (AvgIpc) is 2.90. The number of hydrogen-bond donors (Lipinski definition) is 0. The lowest BCUT2D eigenvalue weighted by molar-refractivity contribution is -0.118. The fourth-order valence-corrected chi connectivity index (χ4v) is 3.57. The van der Waals surface area contributed by atoms with Crippen molar-refractivity contribution in [2.75, 3.05) is 25.5 Å². The van der Waals surface area contributed by atoms with Gasteiger partial charge >= 0.3 is 0 Å². The Labute approximate surface area is 133 Å². The van der Waals surface area contributed by atoms with Gasteiger partial charge in [0.05, 0.1) is 4.90 Å². The molecule has 1 aliphatic rings. The van der Waals surface area contributed by atoms with Gasteiger partial charge in [-0.15, -0.1) is 0 Å². The summed E-state index contributed by atoms with van der Waals surface area (Å²) >= 11 is 0. The highest BCUT2D eigenvalue weighted by Gasteiger charge is 2.27. The first-order chi connectivity index (χ1) is 10.4. The van der Waals surface area contributed by atoms with Crippen LogP contribution in [-0.2, 0) is 21.2 Å². The molecule has 22 heavy (non-hydrogen) atoms. The zero-order valence-electron chi connectivity index (χ0n) is 13.5. The molecule has 1 heterocycles. The summed E-state index contributed by atoms with van der Waals surface area (Å²) < 4.78 is 25.7. The Morgan fingerprint density at radius 2 is 2.00 bits per heavy atom. The van der Waals surface area contributed by atoms with Gasteiger partial charge in [-0.3, -0.25) is 4.79 Å². The number of carbonyl (C=O) groups excluding carboxylic acids is 1. The van der Waals surface area contributed by atoms with Crippen molar-refractivity contribution in [1.82, 2.24) is 4.31 Å². The molecule has 0 spiro atoms. The maximum atomic E-state index is 12.3. The third-order valence-corrected chi connectivity index (χ3v) is 5.84. The molecule has 1 aromatic carbocycles. The zero-order chi connectivity index (χ0) is 16.3. The molecule has 6 heteroatoms. The minimum absolute atomic E-state index is 0.0894. The van der Waals surface area contributed by atoms with Gasteiger partial charge in [0.2, 0.25) is 15.9 Å². The lowest BCUT2D eigenvalue weighted by Crippen LogP contribution is -2.29. The van der Waals surface area contributed by atoms with E-state index >= 15 is 0 Å². The number of nitrogens with zero attached hydrogens (tertiary/aromatic N) is 2. The Morgan fingerprint density at radius 3 is 2.64 bits per heavy atom. The van der Waals surface area contributed by atoms with Crippen molar-refractivity contribution in [1.29, 1.82) is 0 Å². The Hall–Kier alpha value is -1.40. The van der Waals surface area contributed by atoms with Gasteiger partial charge < -0.3 is 4.90 Å². The molecule has 0 unspecified atom stereocenters. The van der Waals surface area contributed by atoms with Crippen LogP contribution in [0.4, 0.5) is 5.69 Å². The lowest BCUT2D eigenvalue weighted by atomic mass is 10.1. The second kappa shape index (κ2) is 6.79. The summed E-state index contributed by atoms with van der Waals surface area (Å²) in [4.78, 5) is 14.3. The van der Waals surface area contributed by atoms with Crippen molar-refractivity contribution in [2.45, 2.75) is 43.9 Å². The van der Waals surface area contributed by atoms with Crippen LogP contribution in [0.25, 0.3) is 0 Å². The van der Waals surface area contributed by atoms with Crippen LogP contribution in [0.2, 0.25) is 0 Å². The number of anilines is 1. The molecule has 2 rings (SSSR count). The van der Waals surface area contributed by atoms with Crippen molar-refractivity contribution < 1.29 is 13.2 Å². The Balaban J connectivity index is 2.25. The van der Waals surface area contributed by atoms with Gasteiger partial charge in [0.15, 0.2) is 0 Å². The van der Waals surface area contributed by atoms with Gasteiger partial charge in [0.1, 0.15) is 0 Å². The largest absolute Gasteiger partial charge is 0.312 e. The molecule has 1 aliphatic heterocycles. The van der Waals surface area contributed by atoms with Crippen molar-refractivity contribution in [3.8, 4) is 0 Å². The first-order valence-electron chi connectivity index (χ1n) is 7.73. The minimum Gasteiger partial charge on any atom is -0.312 e. The van der Waals surface area contributed by atoms with Crippen LogP contribution in [0.15, 0.2) is 23.1 Å². The molecular formula is C16H24N2O3S. The summed E-state index contributed by atoms with van der Waals surface area (Å²) in [6, 6.07) is 5.08. The maximum absolute atomic E-state index is 12.3. The fourth-order valence-electron chi connectivity index (χ4n) is 2.65. The monoisotopic (exact) mass is 324 g/mol. The number of carbonyl (C=O) groups is 1. The van der Waals surface area contributed by atoms with Gasteiger partial charge in [0.25, 0.3) is 0 Å². The Kier molecular flexibility index (Phi) is 5.24. The smallest absolute Gasteiger partial charge is 0.242 e. The van der Waals surface area contributed by atoms with E-state index in [1.807, 2.05) is 6.07 Å². The molecule has 1 amide bonds. The van der Waals surface area contributed by atoms with E-state index in [0.717, 1.165) is 36.9 Å². The number of benzene rings is 1. The van der Waals surface area contributed by atoms with Crippen LogP contribution in [0.1, 0.15) is 38.2 Å². The summed E-state index contributed by atoms with van der Waals surface area (Å²) in [7, 11) is -0.453. The fraction of sp³-hybridized carbons (Fsp3) is 0.562. The van der Waals surface area contributed by atoms with Crippen LogP contribution in [0, 0.1) is 0 Å². The summed E-state index contributed by atoms with van der Waals surface area (Å²) in [6.45, 7) is 2.75. The molecule has 0 saturated heterocycles. The number of amides is 1. The number of rotatable bonds is 6. The summed E-state index contributed by atoms with van der Waals surface area (Å²) in [5.74, 6) is 0.0894.